The van der Waals surface area contributed by atoms with E-state index in [4.69, 9.17) is 5.10 Å². The number of aliphatic hydroxyl groups is 1. The lowest BCUT2D eigenvalue weighted by atomic mass is 9.91. The molecule has 1 fully saturated rings. The molecule has 0 radical (unpaired) electrons. The minimum Gasteiger partial charge on any atom is -0.395 e. The summed E-state index contributed by atoms with van der Waals surface area (Å²) in [5, 5.41) is 20.0. The second kappa shape index (κ2) is 8.19. The van der Waals surface area contributed by atoms with Crippen molar-refractivity contribution < 1.29 is 14.7 Å². The summed E-state index contributed by atoms with van der Waals surface area (Å²) in [6.45, 7) is 1.77. The van der Waals surface area contributed by atoms with Crippen LogP contribution in [-0.4, -0.2) is 62.8 Å². The average Bonchev–Trinajstić information content (AvgIpc) is 3.58. The van der Waals surface area contributed by atoms with Gasteiger partial charge < -0.3 is 15.0 Å². The number of piperidine rings is 1. The first-order chi connectivity index (χ1) is 16.5. The monoisotopic (exact) mass is 475 g/mol. The summed E-state index contributed by atoms with van der Waals surface area (Å²) >= 11 is 1.54. The number of benzene rings is 1. The van der Waals surface area contributed by atoms with Crippen molar-refractivity contribution in [1.29, 1.82) is 0 Å². The summed E-state index contributed by atoms with van der Waals surface area (Å²) in [4.78, 5) is 31.4. The highest BCUT2D eigenvalue weighted by molar-refractivity contribution is 7.17. The number of H-pyrrole nitrogens is 1. The first kappa shape index (κ1) is 21.3. The maximum absolute atomic E-state index is 13.0. The largest absolute Gasteiger partial charge is 0.395 e. The van der Waals surface area contributed by atoms with Crippen LogP contribution in [0.3, 0.4) is 0 Å². The van der Waals surface area contributed by atoms with Gasteiger partial charge in [-0.05, 0) is 49.9 Å². The molecule has 174 valence electrons. The van der Waals surface area contributed by atoms with E-state index in [-0.39, 0.29) is 12.6 Å². The zero-order chi connectivity index (χ0) is 23.4. The molecule has 2 amide bonds. The number of nitrogens with zero attached hydrogens (tertiary/aromatic N) is 3. The fraction of sp³-hybridized carbons (Fsp3) is 0.320. The Hall–Kier alpha value is -3.27. The SMILES string of the molecule is CN1CCC(Cn2nc(C3=C(c4c[nH]c5ccsc45)C(=O)NC3=O)c3ccccc32)CC1CO. The van der Waals surface area contributed by atoms with Crippen LogP contribution in [0.25, 0.3) is 32.3 Å². The molecule has 9 heteroatoms. The smallest absolute Gasteiger partial charge is 0.261 e. The third kappa shape index (κ3) is 3.31. The Bertz CT molecular complexity index is 1460. The van der Waals surface area contributed by atoms with Crippen LogP contribution in [0.5, 0.6) is 0 Å². The number of likely N-dealkylation sites (N-methyl/N-ethyl adjacent to an activating group) is 1. The van der Waals surface area contributed by atoms with Crippen LogP contribution < -0.4 is 5.32 Å². The number of likely N-dealkylation sites (tertiary alicyclic amines) is 1. The van der Waals surface area contributed by atoms with Gasteiger partial charge in [0.25, 0.3) is 11.8 Å². The molecule has 0 aliphatic carbocycles. The third-order valence-corrected chi connectivity index (χ3v) is 8.09. The predicted molar refractivity (Wildman–Crippen MR) is 132 cm³/mol. The topological polar surface area (TPSA) is 103 Å². The molecular formula is C25H25N5O3S. The van der Waals surface area contributed by atoms with Gasteiger partial charge in [0.15, 0.2) is 0 Å². The Morgan fingerprint density at radius 3 is 2.85 bits per heavy atom. The Kier molecular flexibility index (Phi) is 5.13. The van der Waals surface area contributed by atoms with Gasteiger partial charge in [-0.25, -0.2) is 0 Å². The molecule has 2 atom stereocenters. The molecule has 2 aliphatic rings. The van der Waals surface area contributed by atoms with Gasteiger partial charge in [0.1, 0.15) is 5.69 Å². The van der Waals surface area contributed by atoms with E-state index in [9.17, 15) is 14.7 Å². The van der Waals surface area contributed by atoms with Crippen LogP contribution in [0.2, 0.25) is 0 Å². The number of aromatic amines is 1. The number of para-hydroxylation sites is 1. The standard InChI is InChI=1S/C25H25N5O3S/c1-29-8-6-14(10-15(29)13-31)12-30-19-5-3-2-4-16(19)22(28-30)21-20(24(32)27-25(21)33)17-11-26-18-7-9-34-23(17)18/h2-5,7,9,11,14-15,26,31H,6,8,10,12-13H2,1H3,(H,27,32,33). The van der Waals surface area contributed by atoms with Crippen LogP contribution in [0.1, 0.15) is 24.1 Å². The fourth-order valence-electron chi connectivity index (χ4n) is 5.30. The van der Waals surface area contributed by atoms with Crippen molar-refractivity contribution in [3.05, 3.63) is 53.2 Å². The summed E-state index contributed by atoms with van der Waals surface area (Å²) in [7, 11) is 2.05. The lowest BCUT2D eigenvalue weighted by Gasteiger charge is -2.36. The number of amides is 2. The van der Waals surface area contributed by atoms with Gasteiger partial charge in [0.05, 0.1) is 33.5 Å². The first-order valence-corrected chi connectivity index (χ1v) is 12.3. The zero-order valence-electron chi connectivity index (χ0n) is 18.7. The summed E-state index contributed by atoms with van der Waals surface area (Å²) in [6.07, 6.45) is 3.70. The number of hydrogen-bond acceptors (Lipinski definition) is 6. The normalized spacial score (nSPS) is 21.8. The van der Waals surface area contributed by atoms with Crippen molar-refractivity contribution in [3.63, 3.8) is 0 Å². The van der Waals surface area contributed by atoms with Crippen LogP contribution in [-0.2, 0) is 16.1 Å². The number of imide groups is 1. The van der Waals surface area contributed by atoms with Crippen molar-refractivity contribution in [2.45, 2.75) is 25.4 Å². The number of carbonyl (C=O) groups excluding carboxylic acids is 2. The minimum atomic E-state index is -0.416. The number of fused-ring (bicyclic) bond motifs is 2. The van der Waals surface area contributed by atoms with Crippen molar-refractivity contribution in [1.82, 2.24) is 25.0 Å². The van der Waals surface area contributed by atoms with Gasteiger partial charge in [-0.2, -0.15) is 5.10 Å². The van der Waals surface area contributed by atoms with Gasteiger partial charge >= 0.3 is 0 Å². The summed E-state index contributed by atoms with van der Waals surface area (Å²) < 4.78 is 2.91. The van der Waals surface area contributed by atoms with E-state index in [0.29, 0.717) is 29.3 Å². The lowest BCUT2D eigenvalue weighted by molar-refractivity contribution is -0.122. The summed E-state index contributed by atoms with van der Waals surface area (Å²) in [5.74, 6) is -0.442. The molecule has 0 saturated carbocycles. The molecule has 3 aromatic heterocycles. The van der Waals surface area contributed by atoms with Gasteiger partial charge in [-0.1, -0.05) is 18.2 Å². The van der Waals surface area contributed by atoms with Gasteiger partial charge in [-0.15, -0.1) is 11.3 Å². The molecule has 1 saturated heterocycles. The summed E-state index contributed by atoms with van der Waals surface area (Å²) in [6, 6.07) is 9.97. The zero-order valence-corrected chi connectivity index (χ0v) is 19.6. The second-order valence-electron chi connectivity index (χ2n) is 9.15. The molecule has 1 aromatic carbocycles. The number of carbonyl (C=O) groups is 2. The van der Waals surface area contributed by atoms with E-state index in [0.717, 1.165) is 46.1 Å². The second-order valence-corrected chi connectivity index (χ2v) is 10.1. The molecular weight excluding hydrogens is 450 g/mol. The molecule has 34 heavy (non-hydrogen) atoms. The van der Waals surface area contributed by atoms with Crippen molar-refractivity contribution >= 4 is 55.4 Å². The Morgan fingerprint density at radius 2 is 2.00 bits per heavy atom. The van der Waals surface area contributed by atoms with Gasteiger partial charge in [0.2, 0.25) is 0 Å². The third-order valence-electron chi connectivity index (χ3n) is 7.14. The molecule has 2 aliphatic heterocycles. The number of thiophene rings is 1. The molecule has 4 aromatic rings. The van der Waals surface area contributed by atoms with E-state index in [1.54, 1.807) is 6.20 Å². The Morgan fingerprint density at radius 1 is 1.18 bits per heavy atom. The first-order valence-electron chi connectivity index (χ1n) is 11.5. The number of aliphatic hydroxyl groups excluding tert-OH is 1. The maximum Gasteiger partial charge on any atom is 0.261 e. The van der Waals surface area contributed by atoms with Crippen LogP contribution in [0.4, 0.5) is 0 Å². The van der Waals surface area contributed by atoms with Crippen molar-refractivity contribution in [2.75, 3.05) is 20.2 Å². The van der Waals surface area contributed by atoms with Gasteiger partial charge in [-0.3, -0.25) is 19.6 Å². The van der Waals surface area contributed by atoms with E-state index in [2.05, 4.69) is 15.2 Å². The fourth-order valence-corrected chi connectivity index (χ4v) is 6.18. The Balaban J connectivity index is 1.47. The molecule has 8 nitrogen and oxygen atoms in total. The maximum atomic E-state index is 13.0. The van der Waals surface area contributed by atoms with Crippen LogP contribution in [0, 0.1) is 5.92 Å². The molecule has 6 rings (SSSR count). The van der Waals surface area contributed by atoms with Crippen molar-refractivity contribution in [3.8, 4) is 0 Å². The van der Waals surface area contributed by atoms with E-state index < -0.39 is 11.8 Å². The quantitative estimate of drug-likeness (QED) is 0.385. The molecule has 3 N–H and O–H groups in total. The Labute approximate surface area is 199 Å². The average molecular weight is 476 g/mol. The highest BCUT2D eigenvalue weighted by Gasteiger charge is 2.36. The lowest BCUT2D eigenvalue weighted by Crippen LogP contribution is -2.42. The highest BCUT2D eigenvalue weighted by Crippen LogP contribution is 2.38. The number of aromatic nitrogens is 3. The number of hydrogen-bond donors (Lipinski definition) is 3. The molecule has 0 spiro atoms. The number of rotatable bonds is 5. The minimum absolute atomic E-state index is 0.143. The van der Waals surface area contributed by atoms with Crippen LogP contribution >= 0.6 is 11.3 Å². The van der Waals surface area contributed by atoms with E-state index in [1.165, 1.54) is 11.3 Å². The molecule has 0 bridgehead atoms. The number of nitrogens with one attached hydrogen (secondary N) is 2. The van der Waals surface area contributed by atoms with E-state index in [1.807, 2.05) is 47.4 Å². The van der Waals surface area contributed by atoms with Crippen molar-refractivity contribution in [2.24, 2.45) is 5.92 Å². The van der Waals surface area contributed by atoms with Crippen LogP contribution in [0.15, 0.2) is 41.9 Å². The molecule has 5 heterocycles. The van der Waals surface area contributed by atoms with Gasteiger partial charge in [0, 0.05) is 29.7 Å². The highest BCUT2D eigenvalue weighted by atomic mass is 32.1. The predicted octanol–water partition coefficient (Wildman–Crippen LogP) is 2.85. The van der Waals surface area contributed by atoms with E-state index >= 15 is 0 Å². The summed E-state index contributed by atoms with van der Waals surface area (Å²) in [5.41, 5.74) is 3.83. The molecule has 2 unspecified atom stereocenters.